The number of nitrogens with zero attached hydrogens (tertiary/aromatic N) is 1. The van der Waals surface area contributed by atoms with E-state index in [1.54, 1.807) is 0 Å². The lowest BCUT2D eigenvalue weighted by molar-refractivity contribution is -0.169. The van der Waals surface area contributed by atoms with Crippen LogP contribution in [0.3, 0.4) is 0 Å². The van der Waals surface area contributed by atoms with E-state index in [2.05, 4.69) is 4.84 Å². The van der Waals surface area contributed by atoms with Crippen LogP contribution in [0.15, 0.2) is 0 Å². The van der Waals surface area contributed by atoms with Crippen molar-refractivity contribution in [1.29, 1.82) is 0 Å². The van der Waals surface area contributed by atoms with E-state index in [0.717, 1.165) is 5.06 Å². The van der Waals surface area contributed by atoms with Crippen LogP contribution in [0.5, 0.6) is 0 Å². The standard InChI is InChI=1S/C6H12N2O3/c1-8(11-2)6(10)4-3-5(7)9/h3-4H2,1-2H3,(H2,7,9). The lowest BCUT2D eigenvalue weighted by atomic mass is 10.3. The van der Waals surface area contributed by atoms with Gasteiger partial charge in [-0.05, 0) is 0 Å². The summed E-state index contributed by atoms with van der Waals surface area (Å²) < 4.78 is 0. The molecule has 0 saturated carbocycles. The molecular weight excluding hydrogens is 148 g/mol. The van der Waals surface area contributed by atoms with Gasteiger partial charge in [-0.2, -0.15) is 0 Å². The summed E-state index contributed by atoms with van der Waals surface area (Å²) in [6.07, 6.45) is 0.159. The van der Waals surface area contributed by atoms with Gasteiger partial charge in [0.25, 0.3) is 0 Å². The Labute approximate surface area is 65.1 Å². The molecule has 0 bridgehead atoms. The van der Waals surface area contributed by atoms with Crippen molar-refractivity contribution in [2.75, 3.05) is 14.2 Å². The van der Waals surface area contributed by atoms with Crippen molar-refractivity contribution in [1.82, 2.24) is 5.06 Å². The molecule has 11 heavy (non-hydrogen) atoms. The molecular formula is C6H12N2O3. The van der Waals surface area contributed by atoms with Crippen LogP contribution in [-0.4, -0.2) is 31.0 Å². The van der Waals surface area contributed by atoms with Gasteiger partial charge in [-0.25, -0.2) is 5.06 Å². The third-order valence-electron chi connectivity index (χ3n) is 1.21. The third kappa shape index (κ3) is 4.32. The summed E-state index contributed by atoms with van der Waals surface area (Å²) in [7, 11) is 2.85. The Hall–Kier alpha value is -1.10. The highest BCUT2D eigenvalue weighted by Crippen LogP contribution is 1.93. The fourth-order valence-corrected chi connectivity index (χ4v) is 0.489. The molecule has 64 valence electrons. The maximum absolute atomic E-state index is 10.9. The largest absolute Gasteiger partial charge is 0.370 e. The van der Waals surface area contributed by atoms with E-state index in [9.17, 15) is 9.59 Å². The zero-order valence-electron chi connectivity index (χ0n) is 6.66. The molecule has 0 aromatic rings. The third-order valence-corrected chi connectivity index (χ3v) is 1.21. The molecule has 0 fully saturated rings. The smallest absolute Gasteiger partial charge is 0.246 e. The van der Waals surface area contributed by atoms with Crippen LogP contribution in [0, 0.1) is 0 Å². The summed E-state index contributed by atoms with van der Waals surface area (Å²) in [5.74, 6) is -0.742. The van der Waals surface area contributed by atoms with Crippen LogP contribution in [0.1, 0.15) is 12.8 Å². The van der Waals surface area contributed by atoms with Crippen molar-refractivity contribution in [3.05, 3.63) is 0 Å². The van der Waals surface area contributed by atoms with Crippen molar-refractivity contribution in [3.8, 4) is 0 Å². The Morgan fingerprint density at radius 3 is 2.36 bits per heavy atom. The Morgan fingerprint density at radius 2 is 2.00 bits per heavy atom. The summed E-state index contributed by atoms with van der Waals surface area (Å²) in [4.78, 5) is 25.7. The summed E-state index contributed by atoms with van der Waals surface area (Å²) in [5.41, 5.74) is 4.83. The first-order chi connectivity index (χ1) is 5.07. The predicted molar refractivity (Wildman–Crippen MR) is 38.2 cm³/mol. The molecule has 0 aliphatic rings. The molecule has 0 saturated heterocycles. The second kappa shape index (κ2) is 4.68. The van der Waals surface area contributed by atoms with Crippen LogP contribution in [0.25, 0.3) is 0 Å². The Balaban J connectivity index is 3.60. The van der Waals surface area contributed by atoms with Gasteiger partial charge in [-0.1, -0.05) is 0 Å². The minimum Gasteiger partial charge on any atom is -0.370 e. The van der Waals surface area contributed by atoms with E-state index in [0.29, 0.717) is 0 Å². The average Bonchev–Trinajstić information content (AvgIpc) is 1.98. The minimum absolute atomic E-state index is 0.0620. The number of nitrogens with two attached hydrogens (primary N) is 1. The molecule has 0 aromatic carbocycles. The van der Waals surface area contributed by atoms with Crippen LogP contribution in [-0.2, 0) is 14.4 Å². The van der Waals surface area contributed by atoms with Gasteiger partial charge in [0.15, 0.2) is 0 Å². The van der Waals surface area contributed by atoms with E-state index in [1.165, 1.54) is 14.2 Å². The Bertz CT molecular complexity index is 158. The lowest BCUT2D eigenvalue weighted by Gasteiger charge is -2.12. The van der Waals surface area contributed by atoms with Crippen LogP contribution < -0.4 is 5.73 Å². The van der Waals surface area contributed by atoms with Gasteiger partial charge in [0.05, 0.1) is 7.11 Å². The molecule has 0 rings (SSSR count). The molecule has 0 spiro atoms. The highest BCUT2D eigenvalue weighted by atomic mass is 16.7. The van der Waals surface area contributed by atoms with E-state index >= 15 is 0 Å². The summed E-state index contributed by atoms with van der Waals surface area (Å²) in [6.45, 7) is 0. The molecule has 2 amide bonds. The first-order valence-corrected chi connectivity index (χ1v) is 3.17. The quantitative estimate of drug-likeness (QED) is 0.551. The van der Waals surface area contributed by atoms with Crippen LogP contribution in [0.4, 0.5) is 0 Å². The van der Waals surface area contributed by atoms with Gasteiger partial charge in [-0.15, -0.1) is 0 Å². The lowest BCUT2D eigenvalue weighted by Crippen LogP contribution is -2.26. The second-order valence-electron chi connectivity index (χ2n) is 2.04. The van der Waals surface area contributed by atoms with Crippen molar-refractivity contribution in [3.63, 3.8) is 0 Å². The Morgan fingerprint density at radius 1 is 1.45 bits per heavy atom. The maximum atomic E-state index is 10.9. The van der Waals surface area contributed by atoms with Crippen molar-refractivity contribution in [2.45, 2.75) is 12.8 Å². The molecule has 2 N–H and O–H groups in total. The fourth-order valence-electron chi connectivity index (χ4n) is 0.489. The molecule has 0 atom stereocenters. The van der Waals surface area contributed by atoms with Gasteiger partial charge in [0.1, 0.15) is 0 Å². The Kier molecular flexibility index (Phi) is 4.21. The highest BCUT2D eigenvalue weighted by molar-refractivity contribution is 5.82. The van der Waals surface area contributed by atoms with Gasteiger partial charge in [0.2, 0.25) is 11.8 Å². The number of hydroxylamine groups is 2. The van der Waals surface area contributed by atoms with Crippen LogP contribution in [0.2, 0.25) is 0 Å². The molecule has 0 radical (unpaired) electrons. The van der Waals surface area contributed by atoms with Crippen LogP contribution >= 0.6 is 0 Å². The first-order valence-electron chi connectivity index (χ1n) is 3.17. The van der Waals surface area contributed by atoms with Crippen molar-refractivity contribution >= 4 is 11.8 Å². The number of carbonyl (C=O) groups is 2. The molecule has 5 nitrogen and oxygen atoms in total. The number of rotatable bonds is 4. The number of hydrogen-bond donors (Lipinski definition) is 1. The van der Waals surface area contributed by atoms with Gasteiger partial charge < -0.3 is 5.73 Å². The summed E-state index contributed by atoms with van der Waals surface area (Å²) in [5, 5.41) is 1.06. The molecule has 0 heterocycles. The zero-order valence-corrected chi connectivity index (χ0v) is 6.66. The fraction of sp³-hybridized carbons (Fsp3) is 0.667. The molecule has 0 unspecified atom stereocenters. The molecule has 0 aliphatic heterocycles. The highest BCUT2D eigenvalue weighted by Gasteiger charge is 2.08. The molecule has 5 heteroatoms. The summed E-state index contributed by atoms with van der Waals surface area (Å²) in [6, 6.07) is 0. The first kappa shape index (κ1) is 9.90. The molecule has 0 aliphatic carbocycles. The molecule has 0 aromatic heterocycles. The number of amides is 2. The van der Waals surface area contributed by atoms with E-state index in [4.69, 9.17) is 5.73 Å². The van der Waals surface area contributed by atoms with E-state index in [-0.39, 0.29) is 18.7 Å². The number of carbonyl (C=O) groups excluding carboxylic acids is 2. The van der Waals surface area contributed by atoms with Gasteiger partial charge >= 0.3 is 0 Å². The average molecular weight is 160 g/mol. The van der Waals surface area contributed by atoms with E-state index < -0.39 is 5.91 Å². The second-order valence-corrected chi connectivity index (χ2v) is 2.04. The topological polar surface area (TPSA) is 72.6 Å². The van der Waals surface area contributed by atoms with Crippen molar-refractivity contribution in [2.24, 2.45) is 5.73 Å². The van der Waals surface area contributed by atoms with E-state index in [1.807, 2.05) is 0 Å². The maximum Gasteiger partial charge on any atom is 0.246 e. The van der Waals surface area contributed by atoms with Gasteiger partial charge in [-0.3, -0.25) is 14.4 Å². The number of primary amides is 1. The van der Waals surface area contributed by atoms with Crippen molar-refractivity contribution < 1.29 is 14.4 Å². The zero-order chi connectivity index (χ0) is 8.85. The monoisotopic (exact) mass is 160 g/mol. The number of hydrogen-bond acceptors (Lipinski definition) is 3. The minimum atomic E-state index is -0.483. The predicted octanol–water partition coefficient (Wildman–Crippen LogP) is -0.728. The van der Waals surface area contributed by atoms with Gasteiger partial charge in [0, 0.05) is 19.9 Å². The summed E-state index contributed by atoms with van der Waals surface area (Å²) >= 11 is 0. The SMILES string of the molecule is CON(C)C(=O)CCC(N)=O. The normalized spacial score (nSPS) is 9.27.